The number of halogens is 1. The lowest BCUT2D eigenvalue weighted by Gasteiger charge is -2.33. The third kappa shape index (κ3) is 4.21. The second kappa shape index (κ2) is 9.60. The number of esters is 3. The lowest BCUT2D eigenvalue weighted by Crippen LogP contribution is -2.39. The number of fused-ring (bicyclic) bond motifs is 1. The van der Waals surface area contributed by atoms with Crippen molar-refractivity contribution in [3.63, 3.8) is 0 Å². The van der Waals surface area contributed by atoms with E-state index in [1.165, 1.54) is 25.2 Å². The number of benzene rings is 1. The highest BCUT2D eigenvalue weighted by molar-refractivity contribution is 6.34. The van der Waals surface area contributed by atoms with Gasteiger partial charge in [-0.05, 0) is 43.4 Å². The molecular weight excluding hydrogens is 466 g/mol. The lowest BCUT2D eigenvalue weighted by molar-refractivity contribution is -0.140. The molecule has 0 radical (unpaired) electrons. The van der Waals surface area contributed by atoms with Gasteiger partial charge in [0.25, 0.3) is 0 Å². The molecule has 1 heterocycles. The molecule has 1 atom stereocenters. The molecular formula is C24H24ClNO8. The molecule has 0 spiro atoms. The van der Waals surface area contributed by atoms with E-state index >= 15 is 0 Å². The second-order valence-electron chi connectivity index (χ2n) is 8.10. The first kappa shape index (κ1) is 24.0. The van der Waals surface area contributed by atoms with Crippen molar-refractivity contribution < 1.29 is 38.1 Å². The van der Waals surface area contributed by atoms with E-state index in [2.05, 4.69) is 0 Å². The van der Waals surface area contributed by atoms with E-state index < -0.39 is 23.7 Å². The van der Waals surface area contributed by atoms with Gasteiger partial charge in [-0.15, -0.1) is 0 Å². The summed E-state index contributed by atoms with van der Waals surface area (Å²) in [7, 11) is 2.38. The highest BCUT2D eigenvalue weighted by atomic mass is 35.5. The summed E-state index contributed by atoms with van der Waals surface area (Å²) >= 11 is 6.64. The predicted octanol–water partition coefficient (Wildman–Crippen LogP) is 2.91. The Morgan fingerprint density at radius 1 is 1.12 bits per heavy atom. The number of Topliss-reactive ketones (excluding diaryl/α,β-unsaturated/α-hetero) is 1. The van der Waals surface area contributed by atoms with Gasteiger partial charge in [0, 0.05) is 11.5 Å². The molecule has 1 aromatic rings. The van der Waals surface area contributed by atoms with Gasteiger partial charge in [0.15, 0.2) is 5.78 Å². The van der Waals surface area contributed by atoms with Crippen LogP contribution in [0.5, 0.6) is 0 Å². The summed E-state index contributed by atoms with van der Waals surface area (Å²) in [6.07, 6.45) is 3.62. The van der Waals surface area contributed by atoms with E-state index in [0.29, 0.717) is 11.5 Å². The van der Waals surface area contributed by atoms with E-state index in [4.69, 9.17) is 30.5 Å². The average molecular weight is 490 g/mol. The van der Waals surface area contributed by atoms with Gasteiger partial charge in [-0.3, -0.25) is 4.79 Å². The Morgan fingerprint density at radius 3 is 2.44 bits per heavy atom. The Hall–Kier alpha value is -3.17. The molecule has 2 aliphatic carbocycles. The number of nitrogens with zero attached hydrogens (tertiary/aromatic N) is 1. The largest absolute Gasteiger partial charge is 0.466 e. The van der Waals surface area contributed by atoms with Crippen molar-refractivity contribution in [3.05, 3.63) is 51.2 Å². The molecule has 0 amide bonds. The van der Waals surface area contributed by atoms with Crippen LogP contribution in [-0.4, -0.2) is 57.9 Å². The van der Waals surface area contributed by atoms with Crippen LogP contribution in [0.25, 0.3) is 0 Å². The fourth-order valence-corrected chi connectivity index (χ4v) is 4.57. The molecule has 4 rings (SSSR count). The normalized spacial score (nSPS) is 19.9. The molecule has 10 heteroatoms. The molecule has 180 valence electrons. The number of methoxy groups -OCH3 is 2. The maximum absolute atomic E-state index is 13.3. The van der Waals surface area contributed by atoms with Gasteiger partial charge in [0.1, 0.15) is 18.0 Å². The number of ether oxygens (including phenoxy) is 4. The van der Waals surface area contributed by atoms with E-state index in [-0.39, 0.29) is 59.0 Å². The van der Waals surface area contributed by atoms with E-state index in [1.54, 1.807) is 19.1 Å². The maximum Gasteiger partial charge on any atom is 0.355 e. The summed E-state index contributed by atoms with van der Waals surface area (Å²) in [4.78, 5) is 52.1. The number of hydrogen-bond donors (Lipinski definition) is 0. The fraction of sp³-hybridized carbons (Fsp3) is 0.417. The SMILES string of the molecule is CCOC(=O)C1=CC(C2CC2)c2cc(Cl)c(N3COCC(C(=O)OC)=C3C(=O)OC)cc2C1=O. The Labute approximate surface area is 201 Å². The van der Waals surface area contributed by atoms with Gasteiger partial charge >= 0.3 is 17.9 Å². The van der Waals surface area contributed by atoms with Gasteiger partial charge in [-0.1, -0.05) is 17.7 Å². The zero-order valence-electron chi connectivity index (χ0n) is 19.0. The van der Waals surface area contributed by atoms with Crippen LogP contribution in [0.1, 0.15) is 41.6 Å². The molecule has 1 fully saturated rings. The average Bonchev–Trinajstić information content (AvgIpc) is 3.68. The smallest absolute Gasteiger partial charge is 0.355 e. The molecule has 1 saturated carbocycles. The number of ketones is 1. The van der Waals surface area contributed by atoms with Gasteiger partial charge in [0.05, 0.1) is 43.7 Å². The predicted molar refractivity (Wildman–Crippen MR) is 120 cm³/mol. The van der Waals surface area contributed by atoms with Crippen LogP contribution in [0, 0.1) is 5.92 Å². The third-order valence-corrected chi connectivity index (χ3v) is 6.37. The number of carbonyl (C=O) groups is 4. The van der Waals surface area contributed by atoms with Crippen LogP contribution in [0.3, 0.4) is 0 Å². The first-order valence-corrected chi connectivity index (χ1v) is 11.2. The fourth-order valence-electron chi connectivity index (χ4n) is 4.30. The van der Waals surface area contributed by atoms with Gasteiger partial charge in [0.2, 0.25) is 0 Å². The van der Waals surface area contributed by atoms with Crippen molar-refractivity contribution in [2.24, 2.45) is 5.92 Å². The minimum Gasteiger partial charge on any atom is -0.466 e. The topological polar surface area (TPSA) is 108 Å². The van der Waals surface area contributed by atoms with Crippen LogP contribution in [0.15, 0.2) is 35.1 Å². The summed E-state index contributed by atoms with van der Waals surface area (Å²) < 4.78 is 20.3. The Balaban J connectivity index is 1.85. The zero-order chi connectivity index (χ0) is 24.6. The minimum absolute atomic E-state index is 0.0200. The standard InChI is InChI=1S/C24H24ClNO8/c1-4-34-23(29)16-7-13(12-5-6-12)14-8-18(25)19(9-15(14)21(16)27)26-11-33-10-17(22(28)31-2)20(26)24(30)32-3/h7-9,12-13H,4-6,10-11H2,1-3H3. The number of carbonyl (C=O) groups excluding carboxylic acids is 4. The number of anilines is 1. The Kier molecular flexibility index (Phi) is 6.77. The summed E-state index contributed by atoms with van der Waals surface area (Å²) in [6.45, 7) is 1.54. The first-order chi connectivity index (χ1) is 16.3. The molecule has 0 N–H and O–H groups in total. The number of allylic oxidation sites excluding steroid dienone is 1. The van der Waals surface area contributed by atoms with Crippen LogP contribution in [0.4, 0.5) is 5.69 Å². The monoisotopic (exact) mass is 489 g/mol. The summed E-state index contributed by atoms with van der Waals surface area (Å²) in [5.41, 5.74) is 1.11. The molecule has 0 saturated heterocycles. The van der Waals surface area contributed by atoms with E-state index in [0.717, 1.165) is 12.8 Å². The highest BCUT2D eigenvalue weighted by Gasteiger charge is 2.41. The quantitative estimate of drug-likeness (QED) is 0.338. The third-order valence-electron chi connectivity index (χ3n) is 6.06. The van der Waals surface area contributed by atoms with Gasteiger partial charge in [-0.2, -0.15) is 0 Å². The number of hydrogen-bond acceptors (Lipinski definition) is 9. The molecule has 1 aromatic carbocycles. The van der Waals surface area contributed by atoms with Crippen molar-refractivity contribution in [2.75, 3.05) is 39.1 Å². The van der Waals surface area contributed by atoms with Crippen LogP contribution in [0.2, 0.25) is 5.02 Å². The Morgan fingerprint density at radius 2 is 1.82 bits per heavy atom. The van der Waals surface area contributed by atoms with Crippen molar-refractivity contribution in [3.8, 4) is 0 Å². The second-order valence-corrected chi connectivity index (χ2v) is 8.51. The summed E-state index contributed by atoms with van der Waals surface area (Å²) in [6, 6.07) is 3.20. The highest BCUT2D eigenvalue weighted by Crippen LogP contribution is 2.49. The maximum atomic E-state index is 13.3. The number of rotatable bonds is 6. The molecule has 1 unspecified atom stereocenters. The molecule has 0 aromatic heterocycles. The molecule has 9 nitrogen and oxygen atoms in total. The molecule has 34 heavy (non-hydrogen) atoms. The van der Waals surface area contributed by atoms with Crippen LogP contribution < -0.4 is 4.90 Å². The first-order valence-electron chi connectivity index (χ1n) is 10.8. The summed E-state index contributed by atoms with van der Waals surface area (Å²) in [5, 5.41) is 0.251. The molecule has 1 aliphatic heterocycles. The van der Waals surface area contributed by atoms with Crippen LogP contribution >= 0.6 is 11.6 Å². The van der Waals surface area contributed by atoms with Crippen molar-refractivity contribution in [1.29, 1.82) is 0 Å². The molecule has 0 bridgehead atoms. The van der Waals surface area contributed by atoms with Crippen molar-refractivity contribution >= 4 is 41.0 Å². The zero-order valence-corrected chi connectivity index (χ0v) is 19.8. The van der Waals surface area contributed by atoms with Crippen molar-refractivity contribution in [2.45, 2.75) is 25.7 Å². The van der Waals surface area contributed by atoms with Crippen LogP contribution in [-0.2, 0) is 33.3 Å². The van der Waals surface area contributed by atoms with Gasteiger partial charge < -0.3 is 23.8 Å². The van der Waals surface area contributed by atoms with E-state index in [9.17, 15) is 19.2 Å². The minimum atomic E-state index is -0.785. The molecule has 3 aliphatic rings. The van der Waals surface area contributed by atoms with E-state index in [1.807, 2.05) is 0 Å². The van der Waals surface area contributed by atoms with Gasteiger partial charge in [-0.25, -0.2) is 14.4 Å². The van der Waals surface area contributed by atoms with Crippen molar-refractivity contribution in [1.82, 2.24) is 0 Å². The summed E-state index contributed by atoms with van der Waals surface area (Å²) in [5.74, 6) is -2.56. The lowest BCUT2D eigenvalue weighted by atomic mass is 9.80. The Bertz CT molecular complexity index is 1130.